The summed E-state index contributed by atoms with van der Waals surface area (Å²) in [6.07, 6.45) is -0.887. The molecule has 47 heavy (non-hydrogen) atoms. The summed E-state index contributed by atoms with van der Waals surface area (Å²) in [4.78, 5) is 24.0. The first-order chi connectivity index (χ1) is 22.0. The number of amides is 1. The average molecular weight is 685 g/mol. The van der Waals surface area contributed by atoms with E-state index in [0.29, 0.717) is 22.6 Å². The molecular formula is C32H33FN4O8S2. The highest BCUT2D eigenvalue weighted by molar-refractivity contribution is 7.91. The number of aromatic amines is 1. The fourth-order valence-corrected chi connectivity index (χ4v) is 7.72. The quantitative estimate of drug-likeness (QED) is 0.142. The lowest BCUT2D eigenvalue weighted by molar-refractivity contribution is 0.0636. The number of rotatable bonds is 9. The van der Waals surface area contributed by atoms with E-state index in [2.05, 4.69) is 20.3 Å². The predicted molar refractivity (Wildman–Crippen MR) is 174 cm³/mol. The number of hydrogen-bond donors (Lipinski definition) is 2. The Kier molecular flexibility index (Phi) is 8.90. The summed E-state index contributed by atoms with van der Waals surface area (Å²) in [5, 5.41) is 1.06. The fraction of sp³-hybridized carbons (Fsp3) is 0.281. The van der Waals surface area contributed by atoms with Crippen LogP contribution in [0, 0.1) is 12.7 Å². The highest BCUT2D eigenvalue weighted by Crippen LogP contribution is 2.38. The number of carbonyl (C=O) groups is 1. The molecule has 248 valence electrons. The molecule has 0 saturated carbocycles. The molecule has 0 fully saturated rings. The summed E-state index contributed by atoms with van der Waals surface area (Å²) < 4.78 is 86.6. The van der Waals surface area contributed by atoms with Crippen molar-refractivity contribution in [1.29, 1.82) is 0 Å². The molecule has 2 aromatic heterocycles. The second-order valence-corrected chi connectivity index (χ2v) is 15.6. The van der Waals surface area contributed by atoms with Crippen LogP contribution < -0.4 is 14.8 Å². The van der Waals surface area contributed by atoms with Crippen LogP contribution in [0.15, 0.2) is 64.8 Å². The van der Waals surface area contributed by atoms with Crippen LogP contribution >= 0.6 is 0 Å². The largest absolute Gasteiger partial charge is 0.497 e. The van der Waals surface area contributed by atoms with Gasteiger partial charge in [-0.2, -0.15) is 0 Å². The summed E-state index contributed by atoms with van der Waals surface area (Å²) in [5.41, 5.74) is -0.238. The smallest absolute Gasteiger partial charge is 0.412 e. The van der Waals surface area contributed by atoms with Gasteiger partial charge in [0.05, 0.1) is 42.3 Å². The number of fused-ring (bicyclic) bond motifs is 3. The molecule has 0 unspecified atom stereocenters. The molecule has 0 spiro atoms. The third-order valence-electron chi connectivity index (χ3n) is 7.11. The number of ether oxygens (including phenoxy) is 3. The van der Waals surface area contributed by atoms with E-state index in [-0.39, 0.29) is 33.2 Å². The first kappa shape index (κ1) is 33.6. The molecule has 0 aliphatic rings. The third-order valence-corrected chi connectivity index (χ3v) is 10.2. The van der Waals surface area contributed by atoms with Crippen molar-refractivity contribution in [3.63, 3.8) is 0 Å². The maximum atomic E-state index is 15.4. The van der Waals surface area contributed by atoms with Gasteiger partial charge in [0, 0.05) is 5.39 Å². The van der Waals surface area contributed by atoms with Crippen LogP contribution in [0.1, 0.15) is 37.5 Å². The third kappa shape index (κ3) is 7.15. The van der Waals surface area contributed by atoms with Crippen molar-refractivity contribution in [1.82, 2.24) is 15.0 Å². The number of H-pyrrole nitrogens is 1. The summed E-state index contributed by atoms with van der Waals surface area (Å²) in [5.74, 6) is -0.841. The van der Waals surface area contributed by atoms with Crippen LogP contribution in [0.25, 0.3) is 21.9 Å². The van der Waals surface area contributed by atoms with Crippen LogP contribution in [-0.4, -0.2) is 57.7 Å². The molecule has 0 radical (unpaired) electrons. The molecule has 1 amide bonds. The van der Waals surface area contributed by atoms with Crippen LogP contribution in [0.4, 0.5) is 14.9 Å². The average Bonchev–Trinajstić information content (AvgIpc) is 3.39. The molecule has 0 aliphatic heterocycles. The van der Waals surface area contributed by atoms with E-state index < -0.39 is 58.9 Å². The number of anilines is 1. The fourth-order valence-electron chi connectivity index (χ4n) is 4.94. The first-order valence-corrected chi connectivity index (χ1v) is 17.6. The van der Waals surface area contributed by atoms with Crippen molar-refractivity contribution in [3.8, 4) is 11.5 Å². The molecular weight excluding hydrogens is 652 g/mol. The predicted octanol–water partition coefficient (Wildman–Crippen LogP) is 5.87. The van der Waals surface area contributed by atoms with E-state index in [1.807, 2.05) is 0 Å². The monoisotopic (exact) mass is 684 g/mol. The number of hydrogen-bond acceptors (Lipinski definition) is 10. The zero-order valence-corrected chi connectivity index (χ0v) is 28.1. The van der Waals surface area contributed by atoms with Crippen LogP contribution in [0.3, 0.4) is 0 Å². The van der Waals surface area contributed by atoms with E-state index in [4.69, 9.17) is 14.2 Å². The number of halogens is 1. The van der Waals surface area contributed by atoms with Gasteiger partial charge in [-0.15, -0.1) is 0 Å². The molecule has 2 N–H and O–H groups in total. The Labute approximate surface area is 271 Å². The second kappa shape index (κ2) is 12.4. The Morgan fingerprint density at radius 1 is 0.851 bits per heavy atom. The number of nitrogens with one attached hydrogen (secondary N) is 2. The summed E-state index contributed by atoms with van der Waals surface area (Å²) in [7, 11) is -5.77. The molecule has 15 heteroatoms. The minimum Gasteiger partial charge on any atom is -0.497 e. The van der Waals surface area contributed by atoms with Crippen molar-refractivity contribution in [2.24, 2.45) is 0 Å². The molecule has 2 heterocycles. The Morgan fingerprint density at radius 3 is 1.89 bits per heavy atom. The lowest BCUT2D eigenvalue weighted by Crippen LogP contribution is -2.27. The van der Waals surface area contributed by atoms with Gasteiger partial charge in [0.2, 0.25) is 19.7 Å². The maximum absolute atomic E-state index is 15.4. The highest BCUT2D eigenvalue weighted by atomic mass is 32.2. The number of aryl methyl sites for hydroxylation is 1. The van der Waals surface area contributed by atoms with Crippen molar-refractivity contribution in [3.05, 3.63) is 77.1 Å². The molecule has 12 nitrogen and oxygen atoms in total. The minimum atomic E-state index is -4.40. The van der Waals surface area contributed by atoms with Crippen molar-refractivity contribution in [2.45, 2.75) is 55.0 Å². The van der Waals surface area contributed by atoms with Gasteiger partial charge in [0.25, 0.3) is 5.16 Å². The normalized spacial score (nSPS) is 12.3. The van der Waals surface area contributed by atoms with Crippen LogP contribution in [0.2, 0.25) is 0 Å². The summed E-state index contributed by atoms with van der Waals surface area (Å²) in [6.45, 7) is 6.40. The van der Waals surface area contributed by atoms with Gasteiger partial charge in [0.1, 0.15) is 28.6 Å². The van der Waals surface area contributed by atoms with Gasteiger partial charge in [-0.1, -0.05) is 24.3 Å². The van der Waals surface area contributed by atoms with E-state index in [9.17, 15) is 21.6 Å². The van der Waals surface area contributed by atoms with Gasteiger partial charge in [0.15, 0.2) is 5.03 Å². The highest BCUT2D eigenvalue weighted by Gasteiger charge is 2.31. The SMILES string of the molecule is COc1ccc(CS(=O)(=O)c2nc(S(=O)(=O)Cc3ccc(OC)cc3)c3c(n2)[nH]c2c(NC(=O)OC(C)(C)C)cc(F)c(C)c23)cc1. The topological polar surface area (TPSA) is 167 Å². The number of aromatic nitrogens is 3. The van der Waals surface area contributed by atoms with Gasteiger partial charge >= 0.3 is 6.09 Å². The number of benzene rings is 3. The number of nitrogens with zero attached hydrogens (tertiary/aromatic N) is 2. The Bertz CT molecular complexity index is 2210. The lowest BCUT2D eigenvalue weighted by atomic mass is 10.1. The molecule has 3 aromatic carbocycles. The molecule has 0 bridgehead atoms. The first-order valence-electron chi connectivity index (χ1n) is 14.2. The standard InChI is InChI=1S/C32H33FN4O8S2/c1-18-23(33)15-24(34-31(38)45-32(2,3)4)27-25(18)26-28(35-27)36-30(47(41,42)17-20-9-13-22(44-6)14-10-20)37-29(26)46(39,40)16-19-7-11-21(43-5)12-8-19/h7-15H,16-17H2,1-6H3,(H,34,38)(H,35,36,37). The number of sulfone groups is 2. The van der Waals surface area contributed by atoms with Crippen molar-refractivity contribution < 1.29 is 40.2 Å². The summed E-state index contributed by atoms with van der Waals surface area (Å²) in [6, 6.07) is 13.6. The van der Waals surface area contributed by atoms with E-state index in [0.717, 1.165) is 6.07 Å². The van der Waals surface area contributed by atoms with Crippen LogP contribution in [0.5, 0.6) is 11.5 Å². The molecule has 5 rings (SSSR count). The zero-order chi connectivity index (χ0) is 34.3. The lowest BCUT2D eigenvalue weighted by Gasteiger charge is -2.20. The maximum Gasteiger partial charge on any atom is 0.412 e. The number of carbonyl (C=O) groups excluding carboxylic acids is 1. The van der Waals surface area contributed by atoms with Crippen molar-refractivity contribution >= 4 is 53.4 Å². The van der Waals surface area contributed by atoms with Crippen molar-refractivity contribution in [2.75, 3.05) is 19.5 Å². The zero-order valence-electron chi connectivity index (χ0n) is 26.5. The second-order valence-electron chi connectivity index (χ2n) is 11.8. The molecule has 5 aromatic rings. The Balaban J connectivity index is 1.74. The Hall–Kier alpha value is -4.76. The number of methoxy groups -OCH3 is 2. The van der Waals surface area contributed by atoms with Gasteiger partial charge in [-0.05, 0) is 74.7 Å². The Morgan fingerprint density at radius 2 is 1.38 bits per heavy atom. The minimum absolute atomic E-state index is 0.0272. The van der Waals surface area contributed by atoms with E-state index in [1.54, 1.807) is 69.3 Å². The van der Waals surface area contributed by atoms with E-state index >= 15 is 4.39 Å². The van der Waals surface area contributed by atoms with Gasteiger partial charge < -0.3 is 19.2 Å². The molecule has 0 saturated heterocycles. The van der Waals surface area contributed by atoms with E-state index in [1.165, 1.54) is 21.1 Å². The van der Waals surface area contributed by atoms with Crippen LogP contribution in [-0.2, 0) is 35.9 Å². The molecule has 0 atom stereocenters. The molecule has 0 aliphatic carbocycles. The summed E-state index contributed by atoms with van der Waals surface area (Å²) >= 11 is 0. The van der Waals surface area contributed by atoms with Gasteiger partial charge in [-0.25, -0.2) is 36.0 Å². The van der Waals surface area contributed by atoms with Gasteiger partial charge in [-0.3, -0.25) is 5.32 Å².